The standard InChI is InChI=1S/C15H21ClN2O.ClH/c1-2-18(11-12-6-5-7-13(16)10-12)14(19)15(17)8-3-4-9-15;/h5-7,10H,2-4,8-9,11,17H2,1H3;1H. The molecule has 0 aliphatic heterocycles. The van der Waals surface area contributed by atoms with Gasteiger partial charge in [-0.25, -0.2) is 0 Å². The Morgan fingerprint density at radius 1 is 1.40 bits per heavy atom. The van der Waals surface area contributed by atoms with E-state index in [2.05, 4.69) is 0 Å². The molecule has 0 radical (unpaired) electrons. The highest BCUT2D eigenvalue weighted by Gasteiger charge is 2.39. The third-order valence-corrected chi connectivity index (χ3v) is 4.09. The number of likely N-dealkylation sites (N-methyl/N-ethyl adjacent to an activating group) is 1. The molecule has 1 aromatic rings. The number of amides is 1. The molecule has 112 valence electrons. The first-order valence-electron chi connectivity index (χ1n) is 6.88. The molecule has 1 saturated carbocycles. The smallest absolute Gasteiger partial charge is 0.242 e. The van der Waals surface area contributed by atoms with Crippen LogP contribution in [-0.2, 0) is 11.3 Å². The van der Waals surface area contributed by atoms with Crippen LogP contribution in [0.1, 0.15) is 38.2 Å². The van der Waals surface area contributed by atoms with Gasteiger partial charge in [0.15, 0.2) is 0 Å². The van der Waals surface area contributed by atoms with Gasteiger partial charge < -0.3 is 10.6 Å². The Hall–Kier alpha value is -0.770. The Morgan fingerprint density at radius 2 is 2.05 bits per heavy atom. The van der Waals surface area contributed by atoms with Crippen LogP contribution in [0.3, 0.4) is 0 Å². The molecule has 1 fully saturated rings. The first-order chi connectivity index (χ1) is 9.05. The van der Waals surface area contributed by atoms with Gasteiger partial charge in [-0.3, -0.25) is 4.79 Å². The lowest BCUT2D eigenvalue weighted by molar-refractivity contribution is -0.137. The van der Waals surface area contributed by atoms with E-state index in [0.29, 0.717) is 18.1 Å². The average Bonchev–Trinajstić information content (AvgIpc) is 2.83. The van der Waals surface area contributed by atoms with E-state index in [1.54, 1.807) is 0 Å². The van der Waals surface area contributed by atoms with E-state index in [-0.39, 0.29) is 18.3 Å². The Labute approximate surface area is 131 Å². The predicted molar refractivity (Wildman–Crippen MR) is 85.2 cm³/mol. The summed E-state index contributed by atoms with van der Waals surface area (Å²) in [4.78, 5) is 14.4. The second-order valence-corrected chi connectivity index (χ2v) is 5.75. The molecule has 0 unspecified atom stereocenters. The highest BCUT2D eigenvalue weighted by Crippen LogP contribution is 2.29. The van der Waals surface area contributed by atoms with E-state index in [1.807, 2.05) is 36.1 Å². The second kappa shape index (κ2) is 7.30. The Balaban J connectivity index is 0.00000200. The zero-order chi connectivity index (χ0) is 13.9. The van der Waals surface area contributed by atoms with Crippen molar-refractivity contribution < 1.29 is 4.79 Å². The van der Waals surface area contributed by atoms with E-state index in [4.69, 9.17) is 17.3 Å². The lowest BCUT2D eigenvalue weighted by Gasteiger charge is -2.31. The Bertz CT molecular complexity index is 459. The third-order valence-electron chi connectivity index (χ3n) is 3.85. The number of hydrogen-bond acceptors (Lipinski definition) is 2. The maximum Gasteiger partial charge on any atom is 0.242 e. The molecule has 2 rings (SSSR count). The van der Waals surface area contributed by atoms with Crippen LogP contribution in [0.5, 0.6) is 0 Å². The maximum absolute atomic E-state index is 12.6. The van der Waals surface area contributed by atoms with Gasteiger partial charge in [0.1, 0.15) is 0 Å². The molecular formula is C15H22Cl2N2O. The van der Waals surface area contributed by atoms with Gasteiger partial charge in [-0.15, -0.1) is 12.4 Å². The lowest BCUT2D eigenvalue weighted by Crippen LogP contribution is -2.53. The van der Waals surface area contributed by atoms with Gasteiger partial charge in [0, 0.05) is 18.1 Å². The zero-order valence-corrected chi connectivity index (χ0v) is 13.3. The van der Waals surface area contributed by atoms with Crippen LogP contribution in [-0.4, -0.2) is 22.9 Å². The maximum atomic E-state index is 12.6. The molecule has 1 aromatic carbocycles. The number of hydrogen-bond donors (Lipinski definition) is 1. The molecule has 0 bridgehead atoms. The number of benzene rings is 1. The van der Waals surface area contributed by atoms with E-state index < -0.39 is 5.54 Å². The molecule has 0 saturated heterocycles. The fraction of sp³-hybridized carbons (Fsp3) is 0.533. The van der Waals surface area contributed by atoms with Crippen molar-refractivity contribution in [3.05, 3.63) is 34.9 Å². The number of carbonyl (C=O) groups is 1. The molecule has 0 atom stereocenters. The molecule has 0 heterocycles. The number of nitrogens with two attached hydrogens (primary N) is 1. The van der Waals surface area contributed by atoms with Crippen molar-refractivity contribution in [1.29, 1.82) is 0 Å². The SMILES string of the molecule is CCN(Cc1cccc(Cl)c1)C(=O)C1(N)CCCC1.Cl. The fourth-order valence-electron chi connectivity index (χ4n) is 2.72. The molecule has 5 heteroatoms. The zero-order valence-electron chi connectivity index (χ0n) is 11.8. The van der Waals surface area contributed by atoms with E-state index in [1.165, 1.54) is 0 Å². The molecule has 2 N–H and O–H groups in total. The topological polar surface area (TPSA) is 46.3 Å². The van der Waals surface area contributed by atoms with Gasteiger partial charge >= 0.3 is 0 Å². The largest absolute Gasteiger partial charge is 0.337 e. The summed E-state index contributed by atoms with van der Waals surface area (Å²) in [7, 11) is 0. The summed E-state index contributed by atoms with van der Waals surface area (Å²) in [6.45, 7) is 3.24. The van der Waals surface area contributed by atoms with Crippen molar-refractivity contribution in [2.24, 2.45) is 5.73 Å². The molecule has 1 amide bonds. The average molecular weight is 317 g/mol. The van der Waals surface area contributed by atoms with E-state index >= 15 is 0 Å². The van der Waals surface area contributed by atoms with Crippen LogP contribution in [0.2, 0.25) is 5.02 Å². The van der Waals surface area contributed by atoms with Crippen LogP contribution in [0.25, 0.3) is 0 Å². The van der Waals surface area contributed by atoms with Gasteiger partial charge in [0.2, 0.25) is 5.91 Å². The highest BCUT2D eigenvalue weighted by molar-refractivity contribution is 6.30. The van der Waals surface area contributed by atoms with Crippen molar-refractivity contribution in [2.75, 3.05) is 6.54 Å². The summed E-state index contributed by atoms with van der Waals surface area (Å²) in [5, 5.41) is 0.698. The number of nitrogens with zero attached hydrogens (tertiary/aromatic N) is 1. The van der Waals surface area contributed by atoms with Crippen molar-refractivity contribution in [2.45, 2.75) is 44.7 Å². The van der Waals surface area contributed by atoms with Gasteiger partial charge in [0.25, 0.3) is 0 Å². The number of halogens is 2. The third kappa shape index (κ3) is 3.87. The molecule has 1 aliphatic carbocycles. The molecule has 3 nitrogen and oxygen atoms in total. The highest BCUT2D eigenvalue weighted by atomic mass is 35.5. The van der Waals surface area contributed by atoms with Crippen molar-refractivity contribution >= 4 is 29.9 Å². The molecule has 1 aliphatic rings. The number of carbonyl (C=O) groups excluding carboxylic acids is 1. The summed E-state index contributed by atoms with van der Waals surface area (Å²) in [6.07, 6.45) is 3.71. The van der Waals surface area contributed by atoms with Gasteiger partial charge in [0.05, 0.1) is 5.54 Å². The van der Waals surface area contributed by atoms with Crippen molar-refractivity contribution in [1.82, 2.24) is 4.90 Å². The quantitative estimate of drug-likeness (QED) is 0.925. The van der Waals surface area contributed by atoms with Crippen LogP contribution in [0, 0.1) is 0 Å². The van der Waals surface area contributed by atoms with Crippen molar-refractivity contribution in [3.8, 4) is 0 Å². The van der Waals surface area contributed by atoms with Gasteiger partial charge in [-0.1, -0.05) is 36.6 Å². The Kier molecular flexibility index (Phi) is 6.31. The monoisotopic (exact) mass is 316 g/mol. The van der Waals surface area contributed by atoms with Gasteiger partial charge in [-0.2, -0.15) is 0 Å². The minimum absolute atomic E-state index is 0. The minimum Gasteiger partial charge on any atom is -0.337 e. The van der Waals surface area contributed by atoms with Crippen LogP contribution in [0.4, 0.5) is 0 Å². The fourth-order valence-corrected chi connectivity index (χ4v) is 2.93. The van der Waals surface area contributed by atoms with Crippen molar-refractivity contribution in [3.63, 3.8) is 0 Å². The predicted octanol–water partition coefficient (Wildman–Crippen LogP) is 3.38. The summed E-state index contributed by atoms with van der Waals surface area (Å²) < 4.78 is 0. The number of rotatable bonds is 4. The summed E-state index contributed by atoms with van der Waals surface area (Å²) in [5.41, 5.74) is 6.65. The van der Waals surface area contributed by atoms with E-state index in [0.717, 1.165) is 31.2 Å². The molecule has 20 heavy (non-hydrogen) atoms. The first kappa shape index (κ1) is 17.3. The first-order valence-corrected chi connectivity index (χ1v) is 7.25. The van der Waals surface area contributed by atoms with Crippen LogP contribution >= 0.6 is 24.0 Å². The summed E-state index contributed by atoms with van der Waals surface area (Å²) >= 11 is 5.98. The molecule has 0 spiro atoms. The minimum atomic E-state index is -0.644. The summed E-state index contributed by atoms with van der Waals surface area (Å²) in [6, 6.07) is 7.63. The summed E-state index contributed by atoms with van der Waals surface area (Å²) in [5.74, 6) is 0.0764. The van der Waals surface area contributed by atoms with Crippen LogP contribution in [0.15, 0.2) is 24.3 Å². The lowest BCUT2D eigenvalue weighted by atomic mass is 9.97. The second-order valence-electron chi connectivity index (χ2n) is 5.31. The molecular weight excluding hydrogens is 295 g/mol. The normalized spacial score (nSPS) is 16.6. The Morgan fingerprint density at radius 3 is 2.60 bits per heavy atom. The van der Waals surface area contributed by atoms with Gasteiger partial charge in [-0.05, 0) is 37.5 Å². The van der Waals surface area contributed by atoms with E-state index in [9.17, 15) is 4.79 Å². The molecule has 0 aromatic heterocycles. The van der Waals surface area contributed by atoms with Crippen LogP contribution < -0.4 is 5.73 Å².